The van der Waals surface area contributed by atoms with Crippen LogP contribution in [-0.2, 0) is 6.42 Å². The number of fused-ring (bicyclic) bond motifs is 1. The van der Waals surface area contributed by atoms with E-state index in [4.69, 9.17) is 5.73 Å². The quantitative estimate of drug-likeness (QED) is 0.773. The number of ketones is 1. The van der Waals surface area contributed by atoms with Crippen molar-refractivity contribution in [3.8, 4) is 11.1 Å². The molecule has 1 atom stereocenters. The van der Waals surface area contributed by atoms with E-state index in [1.54, 1.807) is 0 Å². The molecule has 2 aromatic carbocycles. The third-order valence-corrected chi connectivity index (χ3v) is 4.82. The number of benzene rings is 2. The Morgan fingerprint density at radius 3 is 2.48 bits per heavy atom. The molecule has 3 aromatic rings. The fourth-order valence-corrected chi connectivity index (χ4v) is 3.75. The van der Waals surface area contributed by atoms with Crippen LogP contribution in [0.2, 0.25) is 0 Å². The summed E-state index contributed by atoms with van der Waals surface area (Å²) in [5, 5.41) is 0. The monoisotopic (exact) mass is 329 g/mol. The molecule has 1 heterocycles. The molecule has 4 nitrogen and oxygen atoms in total. The Kier molecular flexibility index (Phi) is 3.80. The van der Waals surface area contributed by atoms with Gasteiger partial charge in [-0.25, -0.2) is 9.97 Å². The molecule has 0 bridgehead atoms. The number of Topliss-reactive ketones (excluding diaryl/α,β-unsaturated/α-hetero) is 1. The fraction of sp³-hybridized carbons (Fsp3) is 0.190. The highest BCUT2D eigenvalue weighted by atomic mass is 16.1. The molecular weight excluding hydrogens is 310 g/mol. The van der Waals surface area contributed by atoms with E-state index in [9.17, 15) is 4.79 Å². The van der Waals surface area contributed by atoms with Gasteiger partial charge in [0.1, 0.15) is 0 Å². The van der Waals surface area contributed by atoms with Crippen molar-refractivity contribution in [1.29, 1.82) is 0 Å². The Hall–Kier alpha value is -3.01. The molecule has 4 rings (SSSR count). The van der Waals surface area contributed by atoms with Gasteiger partial charge in [0.2, 0.25) is 5.95 Å². The first-order valence-electron chi connectivity index (χ1n) is 8.44. The molecule has 1 aliphatic carbocycles. The van der Waals surface area contributed by atoms with Gasteiger partial charge >= 0.3 is 0 Å². The van der Waals surface area contributed by atoms with Gasteiger partial charge in [0.25, 0.3) is 0 Å². The maximum absolute atomic E-state index is 12.7. The molecule has 0 amide bonds. The highest BCUT2D eigenvalue weighted by Crippen LogP contribution is 2.37. The molecule has 0 saturated carbocycles. The smallest absolute Gasteiger partial charge is 0.220 e. The van der Waals surface area contributed by atoms with Crippen LogP contribution in [0.5, 0.6) is 0 Å². The predicted octanol–water partition coefficient (Wildman–Crippen LogP) is 3.95. The Morgan fingerprint density at radius 1 is 0.960 bits per heavy atom. The second-order valence-corrected chi connectivity index (χ2v) is 6.47. The van der Waals surface area contributed by atoms with Gasteiger partial charge in [-0.1, -0.05) is 54.6 Å². The lowest BCUT2D eigenvalue weighted by Gasteiger charge is -2.26. The molecule has 0 aliphatic heterocycles. The van der Waals surface area contributed by atoms with E-state index in [0.29, 0.717) is 24.1 Å². The summed E-state index contributed by atoms with van der Waals surface area (Å²) in [7, 11) is 0. The van der Waals surface area contributed by atoms with Crippen LogP contribution in [0.1, 0.15) is 39.6 Å². The van der Waals surface area contributed by atoms with Crippen molar-refractivity contribution in [2.75, 3.05) is 5.73 Å². The predicted molar refractivity (Wildman–Crippen MR) is 98.5 cm³/mol. The molecule has 0 spiro atoms. The Balaban J connectivity index is 1.79. The van der Waals surface area contributed by atoms with Gasteiger partial charge < -0.3 is 5.73 Å². The summed E-state index contributed by atoms with van der Waals surface area (Å²) in [4.78, 5) is 21.2. The second kappa shape index (κ2) is 6.13. The van der Waals surface area contributed by atoms with Crippen molar-refractivity contribution in [1.82, 2.24) is 9.97 Å². The number of carbonyl (C=O) groups excluding carboxylic acids is 1. The maximum Gasteiger partial charge on any atom is 0.220 e. The van der Waals surface area contributed by atoms with Crippen molar-refractivity contribution < 1.29 is 4.79 Å². The van der Waals surface area contributed by atoms with Crippen molar-refractivity contribution >= 4 is 11.7 Å². The van der Waals surface area contributed by atoms with E-state index in [2.05, 4.69) is 34.2 Å². The van der Waals surface area contributed by atoms with Gasteiger partial charge in [0.05, 0.1) is 17.0 Å². The van der Waals surface area contributed by atoms with E-state index in [0.717, 1.165) is 11.3 Å². The second-order valence-electron chi connectivity index (χ2n) is 6.47. The molecule has 0 fully saturated rings. The minimum Gasteiger partial charge on any atom is -0.368 e. The molecule has 4 heteroatoms. The SMILES string of the molecule is Cc1nc(N)nc2c1C(=O)CC(c1ccccc1-c1ccccc1)C2. The number of anilines is 1. The lowest BCUT2D eigenvalue weighted by atomic mass is 9.79. The summed E-state index contributed by atoms with van der Waals surface area (Å²) in [6.45, 7) is 1.83. The van der Waals surface area contributed by atoms with Gasteiger partial charge in [-0.05, 0) is 36.0 Å². The standard InChI is InChI=1S/C21H19N3O/c1-13-20-18(24-21(22)23-13)11-15(12-19(20)25)17-10-6-5-9-16(17)14-7-3-2-4-8-14/h2-10,15H,11-12H2,1H3,(H2,22,23,24). The first kappa shape index (κ1) is 15.5. The van der Waals surface area contributed by atoms with E-state index < -0.39 is 0 Å². The van der Waals surface area contributed by atoms with E-state index in [-0.39, 0.29) is 17.6 Å². The third kappa shape index (κ3) is 2.80. The molecule has 0 saturated heterocycles. The average Bonchev–Trinajstić information content (AvgIpc) is 2.61. The van der Waals surface area contributed by atoms with Crippen LogP contribution >= 0.6 is 0 Å². The van der Waals surface area contributed by atoms with Crippen molar-refractivity contribution in [2.45, 2.75) is 25.7 Å². The van der Waals surface area contributed by atoms with Crippen molar-refractivity contribution in [2.24, 2.45) is 0 Å². The number of aryl methyl sites for hydroxylation is 1. The molecule has 1 unspecified atom stereocenters. The van der Waals surface area contributed by atoms with Gasteiger partial charge in [0.15, 0.2) is 5.78 Å². The lowest BCUT2D eigenvalue weighted by Crippen LogP contribution is -2.23. The number of nitrogens with zero attached hydrogens (tertiary/aromatic N) is 2. The van der Waals surface area contributed by atoms with Crippen LogP contribution in [-0.4, -0.2) is 15.8 Å². The van der Waals surface area contributed by atoms with Gasteiger partial charge in [-0.15, -0.1) is 0 Å². The maximum atomic E-state index is 12.7. The first-order valence-corrected chi connectivity index (χ1v) is 8.44. The van der Waals surface area contributed by atoms with Crippen LogP contribution < -0.4 is 5.73 Å². The normalized spacial score (nSPS) is 16.5. The van der Waals surface area contributed by atoms with Crippen molar-refractivity contribution in [3.63, 3.8) is 0 Å². The number of hydrogen-bond acceptors (Lipinski definition) is 4. The minimum atomic E-state index is 0.102. The Bertz CT molecular complexity index is 951. The van der Waals surface area contributed by atoms with E-state index >= 15 is 0 Å². The highest BCUT2D eigenvalue weighted by Gasteiger charge is 2.30. The van der Waals surface area contributed by atoms with Crippen LogP contribution in [0.15, 0.2) is 54.6 Å². The summed E-state index contributed by atoms with van der Waals surface area (Å²) < 4.78 is 0. The van der Waals surface area contributed by atoms with E-state index in [1.165, 1.54) is 11.1 Å². The van der Waals surface area contributed by atoms with Crippen LogP contribution in [0.3, 0.4) is 0 Å². The number of rotatable bonds is 2. The number of hydrogen-bond donors (Lipinski definition) is 1. The zero-order valence-corrected chi connectivity index (χ0v) is 14.1. The summed E-state index contributed by atoms with van der Waals surface area (Å²) in [5.41, 5.74) is 11.4. The van der Waals surface area contributed by atoms with E-state index in [1.807, 2.05) is 37.3 Å². The molecule has 124 valence electrons. The lowest BCUT2D eigenvalue weighted by molar-refractivity contribution is 0.0962. The molecular formula is C21H19N3O. The third-order valence-electron chi connectivity index (χ3n) is 4.82. The van der Waals surface area contributed by atoms with Crippen LogP contribution in [0.4, 0.5) is 5.95 Å². The Morgan fingerprint density at radius 2 is 1.68 bits per heavy atom. The summed E-state index contributed by atoms with van der Waals surface area (Å²) in [5.74, 6) is 0.442. The number of carbonyl (C=O) groups is 1. The summed E-state index contributed by atoms with van der Waals surface area (Å²) in [6, 6.07) is 18.6. The molecule has 2 N–H and O–H groups in total. The Labute approximate surface area is 146 Å². The van der Waals surface area contributed by atoms with Gasteiger partial charge in [-0.2, -0.15) is 0 Å². The molecule has 0 radical (unpaired) electrons. The number of aromatic nitrogens is 2. The van der Waals surface area contributed by atoms with Crippen molar-refractivity contribution in [3.05, 3.63) is 77.1 Å². The average molecular weight is 329 g/mol. The minimum absolute atomic E-state index is 0.102. The molecule has 1 aliphatic rings. The van der Waals surface area contributed by atoms with Gasteiger partial charge in [0, 0.05) is 6.42 Å². The zero-order chi connectivity index (χ0) is 17.4. The zero-order valence-electron chi connectivity index (χ0n) is 14.1. The first-order chi connectivity index (χ1) is 12.1. The van der Waals surface area contributed by atoms with Crippen LogP contribution in [0.25, 0.3) is 11.1 Å². The summed E-state index contributed by atoms with van der Waals surface area (Å²) >= 11 is 0. The van der Waals surface area contributed by atoms with Gasteiger partial charge in [-0.3, -0.25) is 4.79 Å². The molecule has 25 heavy (non-hydrogen) atoms. The topological polar surface area (TPSA) is 68.9 Å². The summed E-state index contributed by atoms with van der Waals surface area (Å²) in [6.07, 6.45) is 1.18. The largest absolute Gasteiger partial charge is 0.368 e. The molecule has 1 aromatic heterocycles. The number of nitrogen functional groups attached to an aromatic ring is 1. The highest BCUT2D eigenvalue weighted by molar-refractivity contribution is 6.00. The van der Waals surface area contributed by atoms with Crippen LogP contribution in [0, 0.1) is 6.92 Å². The number of nitrogens with two attached hydrogens (primary N) is 1. The fourth-order valence-electron chi connectivity index (χ4n) is 3.75.